The lowest BCUT2D eigenvalue weighted by molar-refractivity contribution is -0.122. The Balaban J connectivity index is 2.07. The van der Waals surface area contributed by atoms with E-state index in [-0.39, 0.29) is 11.9 Å². The van der Waals surface area contributed by atoms with Gasteiger partial charge in [0, 0.05) is 5.69 Å². The zero-order valence-corrected chi connectivity index (χ0v) is 14.7. The molecular formula is C20H23NO4. The quantitative estimate of drug-likeness (QED) is 0.774. The van der Waals surface area contributed by atoms with Crippen molar-refractivity contribution in [1.82, 2.24) is 0 Å². The standard InChI is InChI=1S/C20H23NO4/c1-4-18(25-16-9-7-6-8-10-16)19(22)21-17-12-11-15(13-14(17)3)20(23)24-5-2/h6-13,18H,4-5H2,1-3H3,(H,21,22). The fraction of sp³-hybridized carbons (Fsp3) is 0.300. The summed E-state index contributed by atoms with van der Waals surface area (Å²) >= 11 is 0. The van der Waals surface area contributed by atoms with E-state index in [0.717, 1.165) is 5.56 Å². The zero-order valence-electron chi connectivity index (χ0n) is 14.7. The third kappa shape index (κ3) is 5.08. The molecule has 2 rings (SSSR count). The van der Waals surface area contributed by atoms with Crippen LogP contribution in [0.1, 0.15) is 36.2 Å². The molecule has 1 amide bonds. The fourth-order valence-electron chi connectivity index (χ4n) is 2.34. The van der Waals surface area contributed by atoms with Crippen LogP contribution in [0.4, 0.5) is 5.69 Å². The molecular weight excluding hydrogens is 318 g/mol. The van der Waals surface area contributed by atoms with Crippen molar-refractivity contribution in [3.63, 3.8) is 0 Å². The zero-order chi connectivity index (χ0) is 18.2. The molecule has 0 fully saturated rings. The Kier molecular flexibility index (Phi) is 6.57. The Morgan fingerprint density at radius 1 is 1.08 bits per heavy atom. The van der Waals surface area contributed by atoms with Gasteiger partial charge in [0.2, 0.25) is 0 Å². The molecule has 0 bridgehead atoms. The van der Waals surface area contributed by atoms with Crippen LogP contribution in [-0.2, 0) is 9.53 Å². The third-order valence-corrected chi connectivity index (χ3v) is 3.68. The van der Waals surface area contributed by atoms with Gasteiger partial charge in [-0.15, -0.1) is 0 Å². The average molecular weight is 341 g/mol. The molecule has 0 aliphatic heterocycles. The van der Waals surface area contributed by atoms with Crippen molar-refractivity contribution in [1.29, 1.82) is 0 Å². The number of ether oxygens (including phenoxy) is 2. The molecule has 132 valence electrons. The summed E-state index contributed by atoms with van der Waals surface area (Å²) in [6.07, 6.45) is -0.0488. The highest BCUT2D eigenvalue weighted by Crippen LogP contribution is 2.19. The highest BCUT2D eigenvalue weighted by molar-refractivity contribution is 5.96. The van der Waals surface area contributed by atoms with Crippen LogP contribution in [-0.4, -0.2) is 24.6 Å². The van der Waals surface area contributed by atoms with Gasteiger partial charge in [0.05, 0.1) is 12.2 Å². The number of carbonyl (C=O) groups excluding carboxylic acids is 2. The van der Waals surface area contributed by atoms with E-state index in [1.54, 1.807) is 25.1 Å². The van der Waals surface area contributed by atoms with Crippen LogP contribution in [0, 0.1) is 6.92 Å². The molecule has 2 aromatic carbocycles. The average Bonchev–Trinajstić information content (AvgIpc) is 2.62. The number of rotatable bonds is 7. The predicted molar refractivity (Wildman–Crippen MR) is 96.9 cm³/mol. The largest absolute Gasteiger partial charge is 0.481 e. The summed E-state index contributed by atoms with van der Waals surface area (Å²) in [7, 11) is 0. The molecule has 0 saturated heterocycles. The molecule has 0 aliphatic rings. The van der Waals surface area contributed by atoms with Crippen molar-refractivity contribution in [2.45, 2.75) is 33.3 Å². The van der Waals surface area contributed by atoms with Gasteiger partial charge in [0.1, 0.15) is 5.75 Å². The molecule has 0 heterocycles. The molecule has 5 nitrogen and oxygen atoms in total. The molecule has 0 aromatic heterocycles. The van der Waals surface area contributed by atoms with Gasteiger partial charge < -0.3 is 14.8 Å². The second kappa shape index (κ2) is 8.87. The van der Waals surface area contributed by atoms with E-state index in [1.165, 1.54) is 0 Å². The molecule has 1 N–H and O–H groups in total. The maximum Gasteiger partial charge on any atom is 0.338 e. The van der Waals surface area contributed by atoms with Crippen molar-refractivity contribution in [2.75, 3.05) is 11.9 Å². The summed E-state index contributed by atoms with van der Waals surface area (Å²) in [5.41, 5.74) is 1.89. The minimum atomic E-state index is -0.591. The van der Waals surface area contributed by atoms with E-state index < -0.39 is 6.10 Å². The lowest BCUT2D eigenvalue weighted by Crippen LogP contribution is -2.32. The van der Waals surface area contributed by atoms with Gasteiger partial charge in [0.15, 0.2) is 6.10 Å². The number of hydrogen-bond acceptors (Lipinski definition) is 4. The molecule has 1 unspecified atom stereocenters. The summed E-state index contributed by atoms with van der Waals surface area (Å²) in [5, 5.41) is 2.86. The van der Waals surface area contributed by atoms with Gasteiger partial charge in [-0.25, -0.2) is 4.79 Å². The summed E-state index contributed by atoms with van der Waals surface area (Å²) in [4.78, 5) is 24.3. The monoisotopic (exact) mass is 341 g/mol. The summed E-state index contributed by atoms with van der Waals surface area (Å²) in [5.74, 6) is 0.0551. The van der Waals surface area contributed by atoms with Crippen LogP contribution in [0.15, 0.2) is 48.5 Å². The molecule has 5 heteroatoms. The molecule has 0 saturated carbocycles. The van der Waals surface area contributed by atoms with E-state index in [9.17, 15) is 9.59 Å². The SMILES string of the molecule is CCOC(=O)c1ccc(NC(=O)C(CC)Oc2ccccc2)c(C)c1. The topological polar surface area (TPSA) is 64.6 Å². The Hall–Kier alpha value is -2.82. The smallest absolute Gasteiger partial charge is 0.338 e. The summed E-state index contributed by atoms with van der Waals surface area (Å²) < 4.78 is 10.7. The molecule has 0 aliphatic carbocycles. The van der Waals surface area contributed by atoms with Crippen LogP contribution in [0.5, 0.6) is 5.75 Å². The fourth-order valence-corrected chi connectivity index (χ4v) is 2.34. The minimum Gasteiger partial charge on any atom is -0.481 e. The van der Waals surface area contributed by atoms with Crippen molar-refractivity contribution < 1.29 is 19.1 Å². The normalized spacial score (nSPS) is 11.5. The number of benzene rings is 2. The van der Waals surface area contributed by atoms with Crippen LogP contribution < -0.4 is 10.1 Å². The first kappa shape index (κ1) is 18.5. The number of aryl methyl sites for hydroxylation is 1. The summed E-state index contributed by atoms with van der Waals surface area (Å²) in [6, 6.07) is 14.3. The van der Waals surface area contributed by atoms with Crippen LogP contribution in [0.2, 0.25) is 0 Å². The lowest BCUT2D eigenvalue weighted by atomic mass is 10.1. The maximum absolute atomic E-state index is 12.5. The van der Waals surface area contributed by atoms with Gasteiger partial charge >= 0.3 is 5.97 Å². The Morgan fingerprint density at radius 2 is 1.80 bits per heavy atom. The minimum absolute atomic E-state index is 0.224. The number of para-hydroxylation sites is 1. The number of hydrogen-bond donors (Lipinski definition) is 1. The van der Waals surface area contributed by atoms with Crippen molar-refractivity contribution in [2.24, 2.45) is 0 Å². The number of amides is 1. The first-order valence-corrected chi connectivity index (χ1v) is 8.35. The van der Waals surface area contributed by atoms with Gasteiger partial charge in [-0.2, -0.15) is 0 Å². The summed E-state index contributed by atoms with van der Waals surface area (Å²) in [6.45, 7) is 5.81. The van der Waals surface area contributed by atoms with Crippen LogP contribution in [0.25, 0.3) is 0 Å². The first-order chi connectivity index (χ1) is 12.0. The maximum atomic E-state index is 12.5. The molecule has 2 aromatic rings. The van der Waals surface area contributed by atoms with Crippen LogP contribution >= 0.6 is 0 Å². The van der Waals surface area contributed by atoms with Gasteiger partial charge in [-0.05, 0) is 56.2 Å². The van der Waals surface area contributed by atoms with Crippen molar-refractivity contribution in [3.8, 4) is 5.75 Å². The van der Waals surface area contributed by atoms with Crippen molar-refractivity contribution >= 4 is 17.6 Å². The number of carbonyl (C=O) groups is 2. The molecule has 25 heavy (non-hydrogen) atoms. The first-order valence-electron chi connectivity index (χ1n) is 8.35. The molecule has 0 radical (unpaired) electrons. The lowest BCUT2D eigenvalue weighted by Gasteiger charge is -2.18. The van der Waals surface area contributed by atoms with E-state index in [1.807, 2.05) is 44.2 Å². The second-order valence-electron chi connectivity index (χ2n) is 5.57. The van der Waals surface area contributed by atoms with E-state index in [2.05, 4.69) is 5.32 Å². The molecule has 1 atom stereocenters. The van der Waals surface area contributed by atoms with Gasteiger partial charge in [-0.1, -0.05) is 25.1 Å². The number of nitrogens with one attached hydrogen (secondary N) is 1. The second-order valence-corrected chi connectivity index (χ2v) is 5.57. The Morgan fingerprint density at radius 3 is 2.40 bits per heavy atom. The Bertz CT molecular complexity index is 728. The number of esters is 1. The van der Waals surface area contributed by atoms with E-state index in [0.29, 0.717) is 30.0 Å². The highest BCUT2D eigenvalue weighted by atomic mass is 16.5. The van der Waals surface area contributed by atoms with E-state index >= 15 is 0 Å². The van der Waals surface area contributed by atoms with Crippen molar-refractivity contribution in [3.05, 3.63) is 59.7 Å². The van der Waals surface area contributed by atoms with Crippen LogP contribution in [0.3, 0.4) is 0 Å². The van der Waals surface area contributed by atoms with Gasteiger partial charge in [-0.3, -0.25) is 4.79 Å². The van der Waals surface area contributed by atoms with Gasteiger partial charge in [0.25, 0.3) is 5.91 Å². The Labute approximate surface area is 148 Å². The third-order valence-electron chi connectivity index (χ3n) is 3.68. The predicted octanol–water partition coefficient (Wildman–Crippen LogP) is 3.97. The molecule has 0 spiro atoms. The van der Waals surface area contributed by atoms with E-state index in [4.69, 9.17) is 9.47 Å². The highest BCUT2D eigenvalue weighted by Gasteiger charge is 2.19. The number of anilines is 1.